The Kier molecular flexibility index (Phi) is 16.1. The molecule has 0 radical (unpaired) electrons. The summed E-state index contributed by atoms with van der Waals surface area (Å²) in [6.45, 7) is 2.43. The number of carbonyl (C=O) groups excluding carboxylic acids is 2. The van der Waals surface area contributed by atoms with E-state index in [1.807, 2.05) is 55.5 Å². The van der Waals surface area contributed by atoms with Crippen molar-refractivity contribution in [2.75, 3.05) is 19.8 Å². The number of aliphatic hydroxyl groups excluding tert-OH is 2. The molecule has 1 amide bonds. The Bertz CT molecular complexity index is 970. The topological polar surface area (TPSA) is 157 Å². The molecule has 228 valence electrons. The molecule has 1 saturated carbocycles. The van der Waals surface area contributed by atoms with E-state index in [9.17, 15) is 29.9 Å². The van der Waals surface area contributed by atoms with Crippen LogP contribution in [0.4, 0.5) is 4.79 Å². The molecule has 1 aromatic carbocycles. The van der Waals surface area contributed by atoms with E-state index in [4.69, 9.17) is 9.47 Å². The average Bonchev–Trinajstić information content (AvgIpc) is 3.23. The molecule has 0 aliphatic heterocycles. The predicted octanol–water partition coefficient (Wildman–Crippen LogP) is 4.30. The van der Waals surface area contributed by atoms with Gasteiger partial charge in [0, 0.05) is 25.3 Å². The van der Waals surface area contributed by atoms with E-state index >= 15 is 0 Å². The maximum Gasteiger partial charge on any atom is 0.508 e. The fourth-order valence-corrected chi connectivity index (χ4v) is 4.82. The van der Waals surface area contributed by atoms with Crippen molar-refractivity contribution in [1.29, 1.82) is 0 Å². The molecule has 2 rings (SSSR count). The van der Waals surface area contributed by atoms with Gasteiger partial charge in [0.2, 0.25) is 5.91 Å². The molecule has 0 heterocycles. The zero-order chi connectivity index (χ0) is 29.9. The monoisotopic (exact) mass is 576 g/mol. The third-order valence-corrected chi connectivity index (χ3v) is 6.95. The van der Waals surface area contributed by atoms with Crippen molar-refractivity contribution < 1.29 is 39.2 Å². The lowest BCUT2D eigenvalue weighted by atomic mass is 9.89. The average molecular weight is 577 g/mol. The molecule has 11 heteroatoms. The second-order valence-corrected chi connectivity index (χ2v) is 10.1. The predicted molar refractivity (Wildman–Crippen MR) is 152 cm³/mol. The van der Waals surface area contributed by atoms with Gasteiger partial charge in [0.1, 0.15) is 6.10 Å². The van der Waals surface area contributed by atoms with Crippen LogP contribution in [0.3, 0.4) is 0 Å². The fourth-order valence-electron chi connectivity index (χ4n) is 4.82. The number of allylic oxidation sites excluding steroid dienone is 2. The molecule has 0 bridgehead atoms. The standard InChI is InChI=1S/C30H44N2O9/c1-2-31-29(35)15-9-4-3-8-14-25-26(19-18-24(33)17-16-23-12-6-5-7-13-23)28(22-27(25)34)41-30(36)39-20-10-11-21-40-32(37)38/h3,5-8,12-13,18-19,24-28,33-34H,2,4,9-11,14-17,20-22H2,1H3,(H,31,35)/t24-,25+,26?,27?,28?/m0/s1. The Morgan fingerprint density at radius 1 is 1.17 bits per heavy atom. The Balaban J connectivity index is 1.93. The molecule has 1 aromatic rings. The Morgan fingerprint density at radius 2 is 1.93 bits per heavy atom. The molecule has 1 aliphatic rings. The van der Waals surface area contributed by atoms with Gasteiger partial charge in [0.05, 0.1) is 25.4 Å². The molecular formula is C30H44N2O9. The molecule has 3 N–H and O–H groups in total. The summed E-state index contributed by atoms with van der Waals surface area (Å²) >= 11 is 0. The summed E-state index contributed by atoms with van der Waals surface area (Å²) < 4.78 is 10.7. The maximum atomic E-state index is 12.3. The molecule has 0 spiro atoms. The number of nitrogens with one attached hydrogen (secondary N) is 1. The third kappa shape index (κ3) is 14.1. The maximum absolute atomic E-state index is 12.3. The summed E-state index contributed by atoms with van der Waals surface area (Å²) in [4.78, 5) is 38.4. The first-order chi connectivity index (χ1) is 19.8. The Labute approximate surface area is 241 Å². The van der Waals surface area contributed by atoms with Crippen LogP contribution in [0.2, 0.25) is 0 Å². The summed E-state index contributed by atoms with van der Waals surface area (Å²) in [5.41, 5.74) is 1.13. The second kappa shape index (κ2) is 19.6. The van der Waals surface area contributed by atoms with Crippen molar-refractivity contribution in [3.8, 4) is 0 Å². The number of benzene rings is 1. The SMILES string of the molecule is CCNC(=O)CCCC=CC[C@H]1C(O)CC(OC(=O)OCCCCO[N+](=O)[O-])C1C=C[C@@H](O)CCc1ccccc1. The first kappa shape index (κ1) is 33.8. The van der Waals surface area contributed by atoms with Gasteiger partial charge in [-0.05, 0) is 63.4 Å². The van der Waals surface area contributed by atoms with Crippen LogP contribution in [-0.2, 0) is 25.5 Å². The number of ether oxygens (including phenoxy) is 2. The summed E-state index contributed by atoms with van der Waals surface area (Å²) in [5, 5.41) is 33.5. The van der Waals surface area contributed by atoms with E-state index in [1.165, 1.54) is 0 Å². The van der Waals surface area contributed by atoms with Gasteiger partial charge in [-0.2, -0.15) is 0 Å². The third-order valence-electron chi connectivity index (χ3n) is 6.95. The highest BCUT2D eigenvalue weighted by Gasteiger charge is 2.43. The highest BCUT2D eigenvalue weighted by molar-refractivity contribution is 5.75. The first-order valence-corrected chi connectivity index (χ1v) is 14.4. The van der Waals surface area contributed by atoms with Crippen molar-refractivity contribution in [3.05, 3.63) is 70.3 Å². The number of aliphatic hydroxyl groups is 2. The number of unbranched alkanes of at least 4 members (excludes halogenated alkanes) is 2. The van der Waals surface area contributed by atoms with E-state index in [2.05, 4.69) is 10.2 Å². The van der Waals surface area contributed by atoms with Crippen LogP contribution in [0.15, 0.2) is 54.6 Å². The van der Waals surface area contributed by atoms with Gasteiger partial charge in [-0.1, -0.05) is 54.6 Å². The van der Waals surface area contributed by atoms with E-state index < -0.39 is 29.6 Å². The van der Waals surface area contributed by atoms with Crippen LogP contribution in [0, 0.1) is 22.0 Å². The number of carbonyl (C=O) groups is 2. The first-order valence-electron chi connectivity index (χ1n) is 14.4. The number of hydrogen-bond donors (Lipinski definition) is 3. The van der Waals surface area contributed by atoms with E-state index in [0.29, 0.717) is 45.1 Å². The number of hydrogen-bond acceptors (Lipinski definition) is 9. The summed E-state index contributed by atoms with van der Waals surface area (Å²) in [7, 11) is 0. The van der Waals surface area contributed by atoms with Crippen molar-refractivity contribution in [1.82, 2.24) is 5.32 Å². The normalized spacial score (nSPS) is 21.1. The van der Waals surface area contributed by atoms with Gasteiger partial charge in [0.25, 0.3) is 5.09 Å². The summed E-state index contributed by atoms with van der Waals surface area (Å²) in [5.74, 6) is -0.540. The van der Waals surface area contributed by atoms with E-state index in [1.54, 1.807) is 6.08 Å². The van der Waals surface area contributed by atoms with Crippen LogP contribution >= 0.6 is 0 Å². The molecular weight excluding hydrogens is 532 g/mol. The van der Waals surface area contributed by atoms with Gasteiger partial charge in [-0.25, -0.2) is 4.79 Å². The van der Waals surface area contributed by atoms with Gasteiger partial charge in [0.15, 0.2) is 0 Å². The van der Waals surface area contributed by atoms with Gasteiger partial charge >= 0.3 is 6.16 Å². The molecule has 1 aliphatic carbocycles. The highest BCUT2D eigenvalue weighted by Crippen LogP contribution is 2.38. The number of amides is 1. The van der Waals surface area contributed by atoms with Gasteiger partial charge in [-0.3, -0.25) is 4.79 Å². The molecule has 11 nitrogen and oxygen atoms in total. The highest BCUT2D eigenvalue weighted by atomic mass is 16.9. The molecule has 5 atom stereocenters. The van der Waals surface area contributed by atoms with Crippen LogP contribution in [0.5, 0.6) is 0 Å². The van der Waals surface area contributed by atoms with Crippen LogP contribution in [-0.4, -0.2) is 65.4 Å². The molecule has 0 aromatic heterocycles. The molecule has 3 unspecified atom stereocenters. The van der Waals surface area contributed by atoms with Crippen molar-refractivity contribution in [3.63, 3.8) is 0 Å². The van der Waals surface area contributed by atoms with E-state index in [-0.39, 0.29) is 37.4 Å². The lowest BCUT2D eigenvalue weighted by molar-refractivity contribution is -0.757. The van der Waals surface area contributed by atoms with Crippen molar-refractivity contribution >= 4 is 12.1 Å². The molecule has 1 fully saturated rings. The van der Waals surface area contributed by atoms with Gasteiger partial charge in [-0.15, -0.1) is 10.1 Å². The Morgan fingerprint density at radius 3 is 2.66 bits per heavy atom. The Hall–Kier alpha value is -3.44. The van der Waals surface area contributed by atoms with E-state index in [0.717, 1.165) is 18.4 Å². The quantitative estimate of drug-likeness (QED) is 0.0718. The minimum atomic E-state index is -0.873. The summed E-state index contributed by atoms with van der Waals surface area (Å²) in [6.07, 6.45) is 9.22. The second-order valence-electron chi connectivity index (χ2n) is 10.1. The largest absolute Gasteiger partial charge is 0.508 e. The lowest BCUT2D eigenvalue weighted by Crippen LogP contribution is -2.25. The smallest absolute Gasteiger partial charge is 0.434 e. The van der Waals surface area contributed by atoms with Gasteiger partial charge < -0.3 is 29.8 Å². The zero-order valence-corrected chi connectivity index (χ0v) is 23.8. The number of aryl methyl sites for hydroxylation is 1. The van der Waals surface area contributed by atoms with Crippen LogP contribution in [0.1, 0.15) is 63.9 Å². The number of nitrogens with zero attached hydrogens (tertiary/aromatic N) is 1. The molecule has 41 heavy (non-hydrogen) atoms. The minimum absolute atomic E-state index is 0.0241. The minimum Gasteiger partial charge on any atom is -0.434 e. The van der Waals surface area contributed by atoms with Crippen molar-refractivity contribution in [2.24, 2.45) is 11.8 Å². The number of rotatable bonds is 19. The van der Waals surface area contributed by atoms with Crippen LogP contribution < -0.4 is 5.32 Å². The van der Waals surface area contributed by atoms with Crippen LogP contribution in [0.25, 0.3) is 0 Å². The molecule has 0 saturated heterocycles. The lowest BCUT2D eigenvalue weighted by Gasteiger charge is -2.22. The fraction of sp³-hybridized carbons (Fsp3) is 0.600. The summed E-state index contributed by atoms with van der Waals surface area (Å²) in [6, 6.07) is 9.87. The van der Waals surface area contributed by atoms with Crippen molar-refractivity contribution in [2.45, 2.75) is 83.0 Å². The zero-order valence-electron chi connectivity index (χ0n) is 23.8.